The van der Waals surface area contributed by atoms with Gasteiger partial charge < -0.3 is 15.7 Å². The highest BCUT2D eigenvalue weighted by molar-refractivity contribution is 14.1. The zero-order valence-electron chi connectivity index (χ0n) is 23.9. The van der Waals surface area contributed by atoms with Crippen LogP contribution >= 0.6 is 22.6 Å². The Labute approximate surface area is 249 Å². The zero-order chi connectivity index (χ0) is 28.2. The van der Waals surface area contributed by atoms with Crippen LogP contribution in [0.1, 0.15) is 72.3 Å². The molecule has 0 saturated heterocycles. The fourth-order valence-electron chi connectivity index (χ4n) is 5.45. The Hall–Kier alpha value is -1.92. The Kier molecular flexibility index (Phi) is 13.3. The Morgan fingerprint density at radius 1 is 1.13 bits per heavy atom. The fraction of sp³-hybridized carbons (Fsp3) is 0.545. The Bertz CT molecular complexity index is 1080. The van der Waals surface area contributed by atoms with Crippen LogP contribution in [-0.2, 0) is 17.6 Å². The van der Waals surface area contributed by atoms with Gasteiger partial charge in [0.25, 0.3) is 0 Å². The van der Waals surface area contributed by atoms with Crippen molar-refractivity contribution in [3.8, 4) is 12.3 Å². The molecule has 0 spiro atoms. The first-order valence-corrected chi connectivity index (χ1v) is 15.6. The first-order valence-electron chi connectivity index (χ1n) is 14.4. The number of likely N-dealkylation sites (N-methyl/N-ethyl adjacent to an activating group) is 1. The molecule has 2 aromatic carbocycles. The number of rotatable bonds is 14. The molecule has 5 nitrogen and oxygen atoms in total. The molecule has 6 heteroatoms. The van der Waals surface area contributed by atoms with Crippen LogP contribution in [0, 0.1) is 19.3 Å². The average Bonchev–Trinajstić information content (AvgIpc) is 2.91. The van der Waals surface area contributed by atoms with Crippen molar-refractivity contribution in [3.63, 3.8) is 0 Å². The SMILES string of the molecule is C#CCN(C)CCNC(=O)CCCCCc1ccc(Cc2cc([C@@H]3C[C@H](NC)C(I)C[C@H]3O)ccc2C)cc1. The Morgan fingerprint density at radius 2 is 1.87 bits per heavy atom. The largest absolute Gasteiger partial charge is 0.392 e. The van der Waals surface area contributed by atoms with E-state index in [1.165, 1.54) is 27.8 Å². The molecule has 0 radical (unpaired) electrons. The first kappa shape index (κ1) is 31.6. The number of alkyl halides is 1. The summed E-state index contributed by atoms with van der Waals surface area (Å²) in [4.78, 5) is 14.0. The molecule has 1 fully saturated rings. The van der Waals surface area contributed by atoms with Crippen LogP contribution < -0.4 is 10.6 Å². The van der Waals surface area contributed by atoms with E-state index in [-0.39, 0.29) is 17.9 Å². The Balaban J connectivity index is 1.43. The van der Waals surface area contributed by atoms with E-state index < -0.39 is 0 Å². The smallest absolute Gasteiger partial charge is 0.220 e. The van der Waals surface area contributed by atoms with E-state index in [0.29, 0.717) is 29.5 Å². The minimum absolute atomic E-state index is 0.127. The maximum atomic E-state index is 12.0. The summed E-state index contributed by atoms with van der Waals surface area (Å²) >= 11 is 2.47. The van der Waals surface area contributed by atoms with Gasteiger partial charge >= 0.3 is 0 Å². The summed E-state index contributed by atoms with van der Waals surface area (Å²) < 4.78 is 0.462. The van der Waals surface area contributed by atoms with Gasteiger partial charge in [0.05, 0.1) is 12.6 Å². The number of benzene rings is 2. The number of aliphatic hydroxyl groups is 1. The lowest BCUT2D eigenvalue weighted by molar-refractivity contribution is -0.121. The van der Waals surface area contributed by atoms with Gasteiger partial charge in [-0.05, 0) is 87.4 Å². The summed E-state index contributed by atoms with van der Waals surface area (Å²) in [6.07, 6.45) is 12.4. The average molecular weight is 644 g/mol. The van der Waals surface area contributed by atoms with Crippen molar-refractivity contribution in [1.82, 2.24) is 15.5 Å². The quantitative estimate of drug-likeness (QED) is 0.117. The molecule has 0 aliphatic heterocycles. The maximum Gasteiger partial charge on any atom is 0.220 e. The summed E-state index contributed by atoms with van der Waals surface area (Å²) in [5.74, 6) is 2.91. The van der Waals surface area contributed by atoms with Crippen LogP contribution in [0.3, 0.4) is 0 Å². The van der Waals surface area contributed by atoms with E-state index in [4.69, 9.17) is 6.42 Å². The number of aryl methyl sites for hydroxylation is 2. The molecule has 4 atom stereocenters. The van der Waals surface area contributed by atoms with Crippen molar-refractivity contribution in [2.75, 3.05) is 33.7 Å². The summed E-state index contributed by atoms with van der Waals surface area (Å²) in [6, 6.07) is 16.2. The zero-order valence-corrected chi connectivity index (χ0v) is 26.0. The first-order chi connectivity index (χ1) is 18.8. The van der Waals surface area contributed by atoms with E-state index >= 15 is 0 Å². The topological polar surface area (TPSA) is 64.6 Å². The van der Waals surface area contributed by atoms with E-state index in [1.807, 2.05) is 19.0 Å². The lowest BCUT2D eigenvalue weighted by Crippen LogP contribution is -2.44. The van der Waals surface area contributed by atoms with E-state index in [0.717, 1.165) is 51.5 Å². The molecule has 0 bridgehead atoms. The second-order valence-electron chi connectivity index (χ2n) is 11.1. The van der Waals surface area contributed by atoms with Gasteiger partial charge in [-0.3, -0.25) is 9.69 Å². The second kappa shape index (κ2) is 16.4. The second-order valence-corrected chi connectivity index (χ2v) is 12.7. The predicted molar refractivity (Wildman–Crippen MR) is 171 cm³/mol. The molecule has 1 saturated carbocycles. The van der Waals surface area contributed by atoms with Crippen LogP contribution in [0.5, 0.6) is 0 Å². The number of carbonyl (C=O) groups excluding carboxylic acids is 1. The molecule has 39 heavy (non-hydrogen) atoms. The molecule has 0 aromatic heterocycles. The number of halogens is 1. The van der Waals surface area contributed by atoms with Gasteiger partial charge in [-0.25, -0.2) is 0 Å². The fourth-order valence-corrected chi connectivity index (χ4v) is 6.63. The van der Waals surface area contributed by atoms with E-state index in [9.17, 15) is 9.90 Å². The highest BCUT2D eigenvalue weighted by atomic mass is 127. The highest BCUT2D eigenvalue weighted by Gasteiger charge is 2.35. The van der Waals surface area contributed by atoms with Crippen LogP contribution in [0.4, 0.5) is 0 Å². The van der Waals surface area contributed by atoms with Gasteiger partial charge in [0, 0.05) is 35.4 Å². The Morgan fingerprint density at radius 3 is 2.59 bits per heavy atom. The van der Waals surface area contributed by atoms with Crippen LogP contribution in [-0.4, -0.2) is 65.7 Å². The standard InChI is InChI=1S/C33H46IN3O2/c1-5-18-37(4)19-17-36-33(39)10-8-6-7-9-25-12-14-26(15-13-25)20-28-21-27(16-11-24(28)2)29-22-31(35-3)30(34)23-32(29)38/h1,11-16,21,29-32,35,38H,6-10,17-20,22-23H2,2-4H3,(H,36,39)/t29-,30?,31-,32+/m0/s1. The number of terminal acetylenes is 1. The third-order valence-electron chi connectivity index (χ3n) is 8.01. The molecule has 1 aliphatic carbocycles. The summed E-state index contributed by atoms with van der Waals surface area (Å²) in [5.41, 5.74) is 6.56. The molecule has 2 aromatic rings. The van der Waals surface area contributed by atoms with Gasteiger partial charge in [0.15, 0.2) is 0 Å². The molecular formula is C33H46IN3O2. The summed E-state index contributed by atoms with van der Waals surface area (Å²) in [6.45, 7) is 4.20. The van der Waals surface area contributed by atoms with Gasteiger partial charge in [-0.1, -0.05) is 77.4 Å². The van der Waals surface area contributed by atoms with Crippen molar-refractivity contribution in [2.24, 2.45) is 0 Å². The van der Waals surface area contributed by atoms with Crippen molar-refractivity contribution >= 4 is 28.5 Å². The summed E-state index contributed by atoms with van der Waals surface area (Å²) in [5, 5.41) is 17.2. The normalized spacial score (nSPS) is 21.1. The van der Waals surface area contributed by atoms with Crippen LogP contribution in [0.25, 0.3) is 0 Å². The number of hydrogen-bond donors (Lipinski definition) is 3. The minimum Gasteiger partial charge on any atom is -0.392 e. The molecule has 3 rings (SSSR count). The molecule has 212 valence electrons. The molecule has 1 unspecified atom stereocenters. The predicted octanol–water partition coefficient (Wildman–Crippen LogP) is 5.00. The number of amides is 1. The number of aliphatic hydroxyl groups excluding tert-OH is 1. The van der Waals surface area contributed by atoms with Crippen molar-refractivity contribution in [2.45, 2.75) is 80.3 Å². The highest BCUT2D eigenvalue weighted by Crippen LogP contribution is 2.37. The number of hydrogen-bond acceptors (Lipinski definition) is 4. The third kappa shape index (κ3) is 10.2. The minimum atomic E-state index is -0.285. The van der Waals surface area contributed by atoms with Crippen molar-refractivity contribution in [1.29, 1.82) is 0 Å². The monoisotopic (exact) mass is 643 g/mol. The third-order valence-corrected chi connectivity index (χ3v) is 9.39. The lowest BCUT2D eigenvalue weighted by Gasteiger charge is -2.37. The van der Waals surface area contributed by atoms with Crippen molar-refractivity contribution in [3.05, 3.63) is 70.3 Å². The molecule has 0 heterocycles. The van der Waals surface area contributed by atoms with Gasteiger partial charge in [-0.2, -0.15) is 0 Å². The maximum absolute atomic E-state index is 12.0. The number of nitrogens with one attached hydrogen (secondary N) is 2. The van der Waals surface area contributed by atoms with Crippen LogP contribution in [0.15, 0.2) is 42.5 Å². The summed E-state index contributed by atoms with van der Waals surface area (Å²) in [7, 11) is 3.99. The van der Waals surface area contributed by atoms with E-state index in [2.05, 4.69) is 88.5 Å². The van der Waals surface area contributed by atoms with Gasteiger partial charge in [-0.15, -0.1) is 6.42 Å². The molecule has 1 aliphatic rings. The van der Waals surface area contributed by atoms with Gasteiger partial charge in [0.2, 0.25) is 5.91 Å². The van der Waals surface area contributed by atoms with Crippen molar-refractivity contribution < 1.29 is 9.90 Å². The lowest BCUT2D eigenvalue weighted by atomic mass is 9.78. The molecule has 3 N–H and O–H groups in total. The van der Waals surface area contributed by atoms with E-state index in [1.54, 1.807) is 0 Å². The van der Waals surface area contributed by atoms with Crippen LogP contribution in [0.2, 0.25) is 0 Å². The number of nitrogens with zero attached hydrogens (tertiary/aromatic N) is 1. The van der Waals surface area contributed by atoms with Gasteiger partial charge in [0.1, 0.15) is 0 Å². The molecular weight excluding hydrogens is 597 g/mol. The number of unbranched alkanes of at least 4 members (excludes halogenated alkanes) is 2. The molecule has 1 amide bonds. The number of carbonyl (C=O) groups is 1.